The Morgan fingerprint density at radius 1 is 0.286 bits per heavy atom. The summed E-state index contributed by atoms with van der Waals surface area (Å²) in [6.45, 7) is 0. The summed E-state index contributed by atoms with van der Waals surface area (Å²) in [5.41, 5.74) is 0. The molecule has 0 aromatic rings. The van der Waals surface area contributed by atoms with Crippen LogP contribution in [0.1, 0.15) is 5.71 Å². The van der Waals surface area contributed by atoms with Gasteiger partial charge in [-0.1, -0.05) is 0 Å². The number of rotatable bonds is 0. The summed E-state index contributed by atoms with van der Waals surface area (Å²) in [6.07, 6.45) is -11.0. The van der Waals surface area contributed by atoms with Crippen LogP contribution in [0.3, 0.4) is 0 Å². The Labute approximate surface area is 248 Å². The molecule has 18 nitrogen and oxygen atoms in total. The molecule has 0 saturated heterocycles. The number of carboxylic acid groups (broad SMARTS) is 12. The van der Waals surface area contributed by atoms with Crippen LogP contribution in [0.25, 0.3) is 0 Å². The Balaban J connectivity index is -0.00000000964. The monoisotopic (exact) mass is 468 g/mol. The van der Waals surface area contributed by atoms with Gasteiger partial charge in [0.05, 0.1) is 0 Å². The second-order valence-electron chi connectivity index (χ2n) is 1.70. The Morgan fingerprint density at radius 2 is 0.286 bits per heavy atom. The standard InChI is InChI=1S/6CH2O3.4Na.4H/c6*2-1(3)4;;;;;;;;/h6*(H2,2,3,4);;;;;;;;/q;;;;;;4*+1;4*-1. The number of hydrogen-bond acceptors (Lipinski definition) is 6. The van der Waals surface area contributed by atoms with Gasteiger partial charge in [-0.05, 0) is 0 Å². The van der Waals surface area contributed by atoms with Gasteiger partial charge in [0.15, 0.2) is 0 Å². The molecule has 0 spiro atoms. The van der Waals surface area contributed by atoms with E-state index in [4.69, 9.17) is 90.0 Å². The Hall–Kier alpha value is -0.380. The molecule has 0 unspecified atom stereocenters. The van der Waals surface area contributed by atoms with E-state index in [9.17, 15) is 0 Å². The number of hydrogen-bond donors (Lipinski definition) is 12. The molecular formula is C6H16Na4O18. The maximum atomic E-state index is 8.56. The van der Waals surface area contributed by atoms with E-state index in [2.05, 4.69) is 0 Å². The van der Waals surface area contributed by atoms with Gasteiger partial charge in [-0.2, -0.15) is 0 Å². The van der Waals surface area contributed by atoms with Gasteiger partial charge in [-0.3, -0.25) is 0 Å². The summed E-state index contributed by atoms with van der Waals surface area (Å²) in [4.78, 5) is 51.3. The van der Waals surface area contributed by atoms with Gasteiger partial charge in [-0.25, -0.2) is 28.8 Å². The molecule has 0 rings (SSSR count). The zero-order valence-corrected chi connectivity index (χ0v) is 22.8. The topological polar surface area (TPSA) is 345 Å². The first-order valence-electron chi connectivity index (χ1n) is 3.91. The summed E-state index contributed by atoms with van der Waals surface area (Å²) in [5.74, 6) is 0. The molecule has 22 heteroatoms. The molecule has 0 aliphatic rings. The fourth-order valence-corrected chi connectivity index (χ4v) is 0. The van der Waals surface area contributed by atoms with Crippen LogP contribution in [-0.4, -0.2) is 98.2 Å². The number of carbonyl (C=O) groups is 6. The molecule has 28 heavy (non-hydrogen) atoms. The summed E-state index contributed by atoms with van der Waals surface area (Å²) in [5, 5.41) is 83.7. The molecule has 0 heterocycles. The predicted octanol–water partition coefficient (Wildman–Crippen LogP) is -10.2. The average molecular weight is 468 g/mol. The van der Waals surface area contributed by atoms with Crippen molar-refractivity contribution in [1.82, 2.24) is 0 Å². The van der Waals surface area contributed by atoms with Gasteiger partial charge in [0, 0.05) is 0 Å². The van der Waals surface area contributed by atoms with Gasteiger partial charge >= 0.3 is 155 Å². The zero-order valence-electron chi connectivity index (χ0n) is 18.8. The van der Waals surface area contributed by atoms with Crippen molar-refractivity contribution in [3.05, 3.63) is 0 Å². The van der Waals surface area contributed by atoms with E-state index < -0.39 is 36.9 Å². The zero-order chi connectivity index (χ0) is 21.5. The van der Waals surface area contributed by atoms with Crippen molar-refractivity contribution in [3.8, 4) is 0 Å². The second kappa shape index (κ2) is 56.3. The molecule has 0 fully saturated rings. The van der Waals surface area contributed by atoms with Crippen LogP contribution in [0.5, 0.6) is 0 Å². The average Bonchev–Trinajstić information content (AvgIpc) is 2.08. The Bertz CT molecular complexity index is 285. The van der Waals surface area contributed by atoms with Crippen molar-refractivity contribution < 1.29 is 214 Å². The molecule has 0 bridgehead atoms. The smallest absolute Gasteiger partial charge is 1.00 e. The van der Waals surface area contributed by atoms with E-state index in [0.717, 1.165) is 0 Å². The van der Waals surface area contributed by atoms with Gasteiger partial charge in [0.1, 0.15) is 0 Å². The Morgan fingerprint density at radius 3 is 0.286 bits per heavy atom. The van der Waals surface area contributed by atoms with Crippen molar-refractivity contribution in [2.75, 3.05) is 0 Å². The van der Waals surface area contributed by atoms with Gasteiger partial charge in [0.2, 0.25) is 0 Å². The molecular weight excluding hydrogens is 452 g/mol. The third kappa shape index (κ3) is 108000. The normalized spacial score (nSPS) is 5.14. The van der Waals surface area contributed by atoms with Crippen molar-refractivity contribution >= 4 is 36.9 Å². The minimum Gasteiger partial charge on any atom is -1.00 e. The maximum Gasteiger partial charge on any atom is 1.00 e. The molecule has 0 saturated carbocycles. The van der Waals surface area contributed by atoms with Crippen LogP contribution in [0, 0.1) is 0 Å². The molecule has 0 radical (unpaired) electrons. The van der Waals surface area contributed by atoms with Crippen molar-refractivity contribution in [2.24, 2.45) is 0 Å². The molecule has 0 aromatic heterocycles. The first kappa shape index (κ1) is 63.0. The van der Waals surface area contributed by atoms with Gasteiger partial charge < -0.3 is 67.0 Å². The molecule has 0 aliphatic carbocycles. The fourth-order valence-electron chi connectivity index (χ4n) is 0. The second-order valence-corrected chi connectivity index (χ2v) is 1.70. The van der Waals surface area contributed by atoms with E-state index in [1.807, 2.05) is 0 Å². The fraction of sp³-hybridized carbons (Fsp3) is 0. The van der Waals surface area contributed by atoms with Crippen LogP contribution < -0.4 is 118 Å². The third-order valence-electron chi connectivity index (χ3n) is 0. The van der Waals surface area contributed by atoms with Crippen LogP contribution >= 0.6 is 0 Å². The SMILES string of the molecule is O=C(O)O.O=C(O)O.O=C(O)O.O=C(O)O.O=C(O)O.O=C(O)O.[H-].[H-].[H-].[H-].[Na+].[Na+].[Na+].[Na+]. The minimum absolute atomic E-state index is 0. The molecule has 0 atom stereocenters. The van der Waals surface area contributed by atoms with Crippen LogP contribution in [0.15, 0.2) is 0 Å². The van der Waals surface area contributed by atoms with Crippen molar-refractivity contribution in [1.29, 1.82) is 0 Å². The largest absolute Gasteiger partial charge is 1.00 e. The Kier molecular flexibility index (Phi) is 127. The van der Waals surface area contributed by atoms with E-state index in [1.165, 1.54) is 0 Å². The van der Waals surface area contributed by atoms with E-state index in [0.29, 0.717) is 0 Å². The quantitative estimate of drug-likeness (QED) is 0.147. The summed E-state index contributed by atoms with van der Waals surface area (Å²) in [6, 6.07) is 0. The molecule has 0 aliphatic heterocycles. The minimum atomic E-state index is -1.83. The van der Waals surface area contributed by atoms with Gasteiger partial charge in [0.25, 0.3) is 0 Å². The van der Waals surface area contributed by atoms with Crippen LogP contribution in [0.2, 0.25) is 0 Å². The van der Waals surface area contributed by atoms with Crippen molar-refractivity contribution in [2.45, 2.75) is 0 Å². The third-order valence-corrected chi connectivity index (χ3v) is 0. The maximum absolute atomic E-state index is 8.56. The van der Waals surface area contributed by atoms with E-state index in [-0.39, 0.29) is 124 Å². The van der Waals surface area contributed by atoms with E-state index >= 15 is 0 Å². The summed E-state index contributed by atoms with van der Waals surface area (Å²) < 4.78 is 0. The van der Waals surface area contributed by atoms with Crippen LogP contribution in [-0.2, 0) is 0 Å². The summed E-state index contributed by atoms with van der Waals surface area (Å²) >= 11 is 0. The first-order valence-corrected chi connectivity index (χ1v) is 3.91. The first-order chi connectivity index (χ1) is 10.4. The molecule has 0 amide bonds. The molecule has 0 aromatic carbocycles. The molecule has 12 N–H and O–H groups in total. The van der Waals surface area contributed by atoms with Gasteiger partial charge in [-0.15, -0.1) is 0 Å². The predicted molar refractivity (Wildman–Crippen MR) is 68.4 cm³/mol. The summed E-state index contributed by atoms with van der Waals surface area (Å²) in [7, 11) is 0. The van der Waals surface area contributed by atoms with E-state index in [1.54, 1.807) is 0 Å². The molecule has 152 valence electrons. The van der Waals surface area contributed by atoms with Crippen molar-refractivity contribution in [3.63, 3.8) is 0 Å². The van der Waals surface area contributed by atoms with Crippen LogP contribution in [0.4, 0.5) is 28.8 Å².